The molecule has 2 aliphatic heterocycles. The summed E-state index contributed by atoms with van der Waals surface area (Å²) < 4.78 is 31.9. The predicted molar refractivity (Wildman–Crippen MR) is 137 cm³/mol. The van der Waals surface area contributed by atoms with Crippen LogP contribution in [0, 0.1) is 17.1 Å². The lowest BCUT2D eigenvalue weighted by Gasteiger charge is -2.42. The Kier molecular flexibility index (Phi) is 6.13. The molecule has 0 aliphatic carbocycles. The molecule has 2 aromatic heterocycles. The number of amides is 2. The number of nitrogens with zero attached hydrogens (tertiary/aromatic N) is 5. The van der Waals surface area contributed by atoms with Crippen LogP contribution in [0.15, 0.2) is 37.6 Å². The van der Waals surface area contributed by atoms with Gasteiger partial charge >= 0.3 is 0 Å². The number of allylic oxidation sites excluding steroid dienone is 1. The molecule has 37 heavy (non-hydrogen) atoms. The Balaban J connectivity index is 1.69. The summed E-state index contributed by atoms with van der Waals surface area (Å²) in [6.07, 6.45) is 5.63. The fourth-order valence-corrected chi connectivity index (χ4v) is 5.93. The van der Waals surface area contributed by atoms with Crippen LogP contribution in [0.1, 0.15) is 27.9 Å². The monoisotopic (exact) mass is 520 g/mol. The number of hydrogen-bond acceptors (Lipinski definition) is 6. The predicted octanol–water partition coefficient (Wildman–Crippen LogP) is 2.03. The van der Waals surface area contributed by atoms with E-state index in [1.165, 1.54) is 18.3 Å². The number of fused-ring (bicyclic) bond motifs is 1. The summed E-state index contributed by atoms with van der Waals surface area (Å²) >= 11 is 0.878. The van der Waals surface area contributed by atoms with Crippen LogP contribution in [0.3, 0.4) is 0 Å². The summed E-state index contributed by atoms with van der Waals surface area (Å²) in [5.74, 6) is -1.95. The van der Waals surface area contributed by atoms with Crippen LogP contribution >= 0.6 is 11.3 Å². The zero-order valence-electron chi connectivity index (χ0n) is 19.7. The van der Waals surface area contributed by atoms with Crippen molar-refractivity contribution < 1.29 is 18.4 Å². The molecular formula is C26H22F2N6O2S. The van der Waals surface area contributed by atoms with Crippen molar-refractivity contribution in [1.29, 1.82) is 5.26 Å². The number of piperazine rings is 1. The maximum absolute atomic E-state index is 15.7. The van der Waals surface area contributed by atoms with Gasteiger partial charge < -0.3 is 15.5 Å². The van der Waals surface area contributed by atoms with Crippen LogP contribution in [-0.2, 0) is 11.3 Å². The molecule has 2 aliphatic rings. The summed E-state index contributed by atoms with van der Waals surface area (Å²) in [5, 5.41) is 14.6. The summed E-state index contributed by atoms with van der Waals surface area (Å²) in [4.78, 5) is 29.1. The van der Waals surface area contributed by atoms with Crippen LogP contribution in [-0.4, -0.2) is 57.1 Å². The SMILES string of the molecule is C=CC(=O)N1CCN2C(=O)c3cc(F)c(/C=c4\c(C#N)c(N)s\c4=C(/F)C=C)c4cnn(c34)CC[C@H]2C1. The van der Waals surface area contributed by atoms with Crippen LogP contribution in [0.4, 0.5) is 13.8 Å². The maximum atomic E-state index is 15.7. The number of carbonyl (C=O) groups is 2. The molecule has 0 saturated carbocycles. The molecule has 0 radical (unpaired) electrons. The van der Waals surface area contributed by atoms with Gasteiger partial charge in [-0.25, -0.2) is 8.78 Å². The van der Waals surface area contributed by atoms with Gasteiger partial charge in [0.05, 0.1) is 33.4 Å². The van der Waals surface area contributed by atoms with E-state index in [0.717, 1.165) is 23.5 Å². The number of rotatable bonds is 3. The lowest BCUT2D eigenvalue weighted by molar-refractivity contribution is -0.128. The second-order valence-corrected chi connectivity index (χ2v) is 9.82. The summed E-state index contributed by atoms with van der Waals surface area (Å²) in [7, 11) is 0. The van der Waals surface area contributed by atoms with Crippen molar-refractivity contribution in [3.05, 3.63) is 69.8 Å². The number of thiophene rings is 1. The standard InChI is InChI=1S/C26H22F2N6O2S/c1-3-20(27)24-16(18(11-29)25(30)37-24)9-15-19-12-31-34-6-5-14-13-32(22(35)4-2)7-8-33(14)26(36)17(23(19)34)10-21(15)28/h3-4,9-10,12,14H,1-2,5-8,13,30H2/b16-9+,24-20-/t14-/m0/s1. The number of anilines is 1. The quantitative estimate of drug-likeness (QED) is 0.532. The minimum Gasteiger partial charge on any atom is -0.389 e. The van der Waals surface area contributed by atoms with E-state index in [2.05, 4.69) is 18.3 Å². The van der Waals surface area contributed by atoms with E-state index in [1.807, 2.05) is 6.07 Å². The average molecular weight is 521 g/mol. The Hall–Kier alpha value is -4.30. The number of halogens is 2. The average Bonchev–Trinajstić information content (AvgIpc) is 3.46. The molecular weight excluding hydrogens is 498 g/mol. The molecule has 2 N–H and O–H groups in total. The summed E-state index contributed by atoms with van der Waals surface area (Å²) in [6, 6.07) is 2.87. The van der Waals surface area contributed by atoms with Gasteiger partial charge in [-0.05, 0) is 30.7 Å². The molecule has 8 nitrogen and oxygen atoms in total. The van der Waals surface area contributed by atoms with E-state index in [4.69, 9.17) is 5.73 Å². The number of carbonyl (C=O) groups excluding carboxylic acids is 2. The maximum Gasteiger partial charge on any atom is 0.256 e. The normalized spacial score (nSPS) is 18.7. The van der Waals surface area contributed by atoms with Crippen molar-refractivity contribution in [2.45, 2.75) is 19.0 Å². The second kappa shape index (κ2) is 9.29. The van der Waals surface area contributed by atoms with Crippen LogP contribution < -0.4 is 15.5 Å². The fourth-order valence-electron chi connectivity index (χ4n) is 5.00. The molecule has 0 unspecified atom stereocenters. The first-order valence-corrected chi connectivity index (χ1v) is 12.3. The Morgan fingerprint density at radius 3 is 2.78 bits per heavy atom. The van der Waals surface area contributed by atoms with Gasteiger partial charge in [0, 0.05) is 42.3 Å². The van der Waals surface area contributed by atoms with Crippen molar-refractivity contribution in [3.8, 4) is 6.07 Å². The zero-order chi connectivity index (χ0) is 26.4. The van der Waals surface area contributed by atoms with Gasteiger partial charge in [0.15, 0.2) is 0 Å². The Labute approximate surface area is 214 Å². The van der Waals surface area contributed by atoms with E-state index >= 15 is 4.39 Å². The first kappa shape index (κ1) is 24.4. The molecule has 3 aromatic rings. The van der Waals surface area contributed by atoms with Gasteiger partial charge in [-0.3, -0.25) is 14.3 Å². The number of nitrogen functional groups attached to an aromatic ring is 1. The highest BCUT2D eigenvalue weighted by molar-refractivity contribution is 7.14. The number of aryl methyl sites for hydroxylation is 1. The molecule has 0 spiro atoms. The third-order valence-electron chi connectivity index (χ3n) is 6.82. The first-order valence-electron chi connectivity index (χ1n) is 11.5. The third-order valence-corrected chi connectivity index (χ3v) is 7.86. The molecule has 2 amide bonds. The van der Waals surface area contributed by atoms with Crippen LogP contribution in [0.5, 0.6) is 0 Å². The largest absolute Gasteiger partial charge is 0.389 e. The Morgan fingerprint density at radius 2 is 2.08 bits per heavy atom. The number of hydrogen-bond donors (Lipinski definition) is 1. The van der Waals surface area contributed by atoms with Crippen molar-refractivity contribution in [3.63, 3.8) is 0 Å². The first-order chi connectivity index (χ1) is 17.8. The number of benzene rings is 1. The lowest BCUT2D eigenvalue weighted by Crippen LogP contribution is -2.57. The second-order valence-electron chi connectivity index (χ2n) is 8.77. The van der Waals surface area contributed by atoms with Crippen molar-refractivity contribution in [1.82, 2.24) is 19.6 Å². The van der Waals surface area contributed by atoms with Gasteiger partial charge in [-0.15, -0.1) is 11.3 Å². The van der Waals surface area contributed by atoms with Crippen LogP contribution in [0.25, 0.3) is 22.8 Å². The third kappa shape index (κ3) is 3.90. The minimum atomic E-state index is -0.716. The van der Waals surface area contributed by atoms with E-state index in [9.17, 15) is 19.2 Å². The summed E-state index contributed by atoms with van der Waals surface area (Å²) in [6.45, 7) is 8.43. The number of nitrogens with two attached hydrogens (primary N) is 1. The molecule has 1 fully saturated rings. The van der Waals surface area contributed by atoms with Crippen molar-refractivity contribution >= 4 is 51.0 Å². The van der Waals surface area contributed by atoms with Crippen molar-refractivity contribution in [2.24, 2.45) is 0 Å². The highest BCUT2D eigenvalue weighted by atomic mass is 32.1. The summed E-state index contributed by atoms with van der Waals surface area (Å²) in [5.41, 5.74) is 6.66. The van der Waals surface area contributed by atoms with Gasteiger partial charge in [0.1, 0.15) is 22.7 Å². The fraction of sp³-hybridized carbons (Fsp3) is 0.231. The molecule has 1 atom stereocenters. The topological polar surface area (TPSA) is 108 Å². The lowest BCUT2D eigenvalue weighted by atomic mass is 9.99. The molecule has 4 heterocycles. The smallest absolute Gasteiger partial charge is 0.256 e. The van der Waals surface area contributed by atoms with E-state index in [1.54, 1.807) is 14.5 Å². The Bertz CT molecular complexity index is 1660. The molecule has 1 saturated heterocycles. The Morgan fingerprint density at radius 1 is 1.30 bits per heavy atom. The van der Waals surface area contributed by atoms with Gasteiger partial charge in [-0.1, -0.05) is 13.2 Å². The zero-order valence-corrected chi connectivity index (χ0v) is 20.5. The molecule has 188 valence electrons. The molecule has 11 heteroatoms. The molecule has 0 bridgehead atoms. The highest BCUT2D eigenvalue weighted by Gasteiger charge is 2.35. The van der Waals surface area contributed by atoms with Crippen LogP contribution in [0.2, 0.25) is 0 Å². The highest BCUT2D eigenvalue weighted by Crippen LogP contribution is 2.31. The van der Waals surface area contributed by atoms with Crippen molar-refractivity contribution in [2.75, 3.05) is 25.4 Å². The van der Waals surface area contributed by atoms with E-state index in [-0.39, 0.29) is 49.3 Å². The number of nitriles is 1. The van der Waals surface area contributed by atoms with Gasteiger partial charge in [-0.2, -0.15) is 10.4 Å². The van der Waals surface area contributed by atoms with Gasteiger partial charge in [0.25, 0.3) is 5.91 Å². The van der Waals surface area contributed by atoms with E-state index < -0.39 is 11.6 Å². The minimum absolute atomic E-state index is 0.0352. The number of aromatic nitrogens is 2. The molecule has 1 aromatic carbocycles. The van der Waals surface area contributed by atoms with Gasteiger partial charge in [0.2, 0.25) is 5.91 Å². The molecule has 5 rings (SSSR count). The van der Waals surface area contributed by atoms with E-state index in [0.29, 0.717) is 43.5 Å².